The Morgan fingerprint density at radius 3 is 2.52 bits per heavy atom. The normalized spacial score (nSPS) is 13.2. The van der Waals surface area contributed by atoms with Crippen molar-refractivity contribution in [3.8, 4) is 5.75 Å². The summed E-state index contributed by atoms with van der Waals surface area (Å²) in [5.74, 6) is 0.715. The molecule has 0 aliphatic rings. The quantitative estimate of drug-likeness (QED) is 0.678. The van der Waals surface area contributed by atoms with Crippen molar-refractivity contribution in [2.75, 3.05) is 13.2 Å². The number of rotatable bonds is 8. The minimum Gasteiger partial charge on any atom is -0.492 e. The number of benzene rings is 1. The lowest BCUT2D eigenvalue weighted by Crippen LogP contribution is -2.23. The lowest BCUT2D eigenvalue weighted by Gasteiger charge is -2.20. The molecule has 0 bridgehead atoms. The Kier molecular flexibility index (Phi) is 7.52. The van der Waals surface area contributed by atoms with E-state index in [4.69, 9.17) is 4.74 Å². The molecule has 1 rings (SSSR count). The summed E-state index contributed by atoms with van der Waals surface area (Å²) in [5.41, 5.74) is 0.830. The van der Waals surface area contributed by atoms with Crippen molar-refractivity contribution in [2.24, 2.45) is 0 Å². The Morgan fingerprint density at radius 2 is 2.00 bits per heavy atom. The third-order valence-corrected chi connectivity index (χ3v) is 3.61. The maximum atomic E-state index is 12.4. The van der Waals surface area contributed by atoms with Gasteiger partial charge in [0.25, 0.3) is 0 Å². The van der Waals surface area contributed by atoms with Gasteiger partial charge in [0.1, 0.15) is 5.75 Å². The van der Waals surface area contributed by atoms with Crippen LogP contribution in [-0.2, 0) is 0 Å². The van der Waals surface area contributed by atoms with Crippen molar-refractivity contribution in [1.82, 2.24) is 5.32 Å². The molecule has 1 atom stereocenters. The molecule has 0 amide bonds. The van der Waals surface area contributed by atoms with Crippen molar-refractivity contribution in [3.05, 3.63) is 28.2 Å². The van der Waals surface area contributed by atoms with Gasteiger partial charge in [0.2, 0.25) is 0 Å². The van der Waals surface area contributed by atoms with Gasteiger partial charge in [0, 0.05) is 12.5 Å². The van der Waals surface area contributed by atoms with E-state index in [0.717, 1.165) is 16.5 Å². The Bertz CT molecular complexity index is 437. The fourth-order valence-corrected chi connectivity index (χ4v) is 2.51. The van der Waals surface area contributed by atoms with Crippen molar-refractivity contribution in [2.45, 2.75) is 45.3 Å². The Hall–Kier alpha value is -0.750. The van der Waals surface area contributed by atoms with Crippen LogP contribution in [0.15, 0.2) is 22.7 Å². The number of hydrogen-bond acceptors (Lipinski definition) is 2. The smallest absolute Gasteiger partial charge is 0.389 e. The van der Waals surface area contributed by atoms with Crippen molar-refractivity contribution < 1.29 is 17.9 Å². The van der Waals surface area contributed by atoms with E-state index in [-0.39, 0.29) is 12.5 Å². The van der Waals surface area contributed by atoms with E-state index >= 15 is 0 Å². The van der Waals surface area contributed by atoms with E-state index in [2.05, 4.69) is 21.2 Å². The first-order valence-electron chi connectivity index (χ1n) is 7.09. The number of hydrogen-bond donors (Lipinski definition) is 1. The van der Waals surface area contributed by atoms with Crippen molar-refractivity contribution >= 4 is 15.9 Å². The van der Waals surface area contributed by atoms with Gasteiger partial charge in [-0.15, -0.1) is 0 Å². The van der Waals surface area contributed by atoms with Crippen LogP contribution in [0.3, 0.4) is 0 Å². The summed E-state index contributed by atoms with van der Waals surface area (Å²) in [6, 6.07) is 5.13. The number of halogens is 4. The van der Waals surface area contributed by atoms with Gasteiger partial charge in [0.05, 0.1) is 11.1 Å². The van der Waals surface area contributed by atoms with Crippen LogP contribution < -0.4 is 10.1 Å². The highest BCUT2D eigenvalue weighted by Crippen LogP contribution is 2.32. The molecule has 0 fully saturated rings. The summed E-state index contributed by atoms with van der Waals surface area (Å²) in [4.78, 5) is 0. The van der Waals surface area contributed by atoms with E-state index < -0.39 is 12.6 Å². The zero-order valence-electron chi connectivity index (χ0n) is 12.3. The Morgan fingerprint density at radius 1 is 1.29 bits per heavy atom. The van der Waals surface area contributed by atoms with Gasteiger partial charge in [0.15, 0.2) is 0 Å². The predicted molar refractivity (Wildman–Crippen MR) is 81.6 cm³/mol. The van der Waals surface area contributed by atoms with Gasteiger partial charge in [-0.3, -0.25) is 0 Å². The highest BCUT2D eigenvalue weighted by molar-refractivity contribution is 9.10. The zero-order valence-corrected chi connectivity index (χ0v) is 13.9. The van der Waals surface area contributed by atoms with Crippen molar-refractivity contribution in [3.63, 3.8) is 0 Å². The van der Waals surface area contributed by atoms with Crippen LogP contribution in [0.1, 0.15) is 44.7 Å². The van der Waals surface area contributed by atoms with Gasteiger partial charge >= 0.3 is 6.18 Å². The molecule has 1 N–H and O–H groups in total. The van der Waals surface area contributed by atoms with Crippen LogP contribution in [-0.4, -0.2) is 19.3 Å². The molecule has 2 nitrogen and oxygen atoms in total. The molecular formula is C15H21BrF3NO. The Balaban J connectivity index is 2.80. The minimum atomic E-state index is -4.13. The third kappa shape index (κ3) is 6.70. The van der Waals surface area contributed by atoms with Crippen molar-refractivity contribution in [1.29, 1.82) is 0 Å². The summed E-state index contributed by atoms with van der Waals surface area (Å²) in [6.07, 6.45) is -4.00. The van der Waals surface area contributed by atoms with Crippen LogP contribution in [0, 0.1) is 0 Å². The first-order valence-corrected chi connectivity index (χ1v) is 7.89. The predicted octanol–water partition coefficient (Wildman–Crippen LogP) is 5.23. The number of ether oxygens (including phenoxy) is 1. The lowest BCUT2D eigenvalue weighted by atomic mass is 10.0. The van der Waals surface area contributed by atoms with Crippen LogP contribution in [0.25, 0.3) is 0 Å². The van der Waals surface area contributed by atoms with E-state index in [1.54, 1.807) is 6.07 Å². The highest BCUT2D eigenvalue weighted by atomic mass is 79.9. The minimum absolute atomic E-state index is 0.0267. The third-order valence-electron chi connectivity index (χ3n) is 2.99. The molecule has 21 heavy (non-hydrogen) atoms. The maximum Gasteiger partial charge on any atom is 0.389 e. The number of alkyl halides is 3. The van der Waals surface area contributed by atoms with E-state index in [0.29, 0.717) is 18.9 Å². The molecule has 0 saturated heterocycles. The standard InChI is InChI=1S/C15H21BrF3NO/c1-3-9-21-14-6-5-11(10-12(14)16)13(20-4-2)7-8-15(17,18)19/h5-6,10,13,20H,3-4,7-9H2,1-2H3. The van der Waals surface area contributed by atoms with Gasteiger partial charge < -0.3 is 10.1 Å². The molecule has 120 valence electrons. The van der Waals surface area contributed by atoms with Crippen LogP contribution in [0.4, 0.5) is 13.2 Å². The second kappa shape index (κ2) is 8.63. The second-order valence-electron chi connectivity index (χ2n) is 4.80. The largest absolute Gasteiger partial charge is 0.492 e. The van der Waals surface area contributed by atoms with Gasteiger partial charge in [-0.2, -0.15) is 13.2 Å². The van der Waals surface area contributed by atoms with Crippen LogP contribution >= 0.6 is 15.9 Å². The maximum absolute atomic E-state index is 12.4. The number of nitrogens with one attached hydrogen (secondary N) is 1. The van der Waals surface area contributed by atoms with E-state index in [1.165, 1.54) is 0 Å². The van der Waals surface area contributed by atoms with Gasteiger partial charge in [-0.05, 0) is 53.0 Å². The summed E-state index contributed by atoms with van der Waals surface area (Å²) in [7, 11) is 0. The van der Waals surface area contributed by atoms with E-state index in [1.807, 2.05) is 26.0 Å². The van der Waals surface area contributed by atoms with Gasteiger partial charge in [-0.1, -0.05) is 19.9 Å². The molecule has 0 aliphatic heterocycles. The molecule has 0 aliphatic carbocycles. The molecule has 0 aromatic heterocycles. The van der Waals surface area contributed by atoms with E-state index in [9.17, 15) is 13.2 Å². The lowest BCUT2D eigenvalue weighted by molar-refractivity contribution is -0.136. The first-order chi connectivity index (χ1) is 9.87. The molecule has 6 heteroatoms. The molecule has 0 saturated carbocycles. The van der Waals surface area contributed by atoms with Crippen LogP contribution in [0.5, 0.6) is 5.75 Å². The topological polar surface area (TPSA) is 21.3 Å². The SMILES string of the molecule is CCCOc1ccc(C(CCC(F)(F)F)NCC)cc1Br. The summed E-state index contributed by atoms with van der Waals surface area (Å²) >= 11 is 3.41. The molecule has 1 aromatic carbocycles. The van der Waals surface area contributed by atoms with Crippen LogP contribution in [0.2, 0.25) is 0 Å². The molecule has 0 spiro atoms. The summed E-state index contributed by atoms with van der Waals surface area (Å²) in [5, 5.41) is 3.10. The van der Waals surface area contributed by atoms with Gasteiger partial charge in [-0.25, -0.2) is 0 Å². The average Bonchev–Trinajstić information content (AvgIpc) is 2.41. The molecule has 0 radical (unpaired) electrons. The summed E-state index contributed by atoms with van der Waals surface area (Å²) < 4.78 is 43.5. The molecule has 1 unspecified atom stereocenters. The fraction of sp³-hybridized carbons (Fsp3) is 0.600. The fourth-order valence-electron chi connectivity index (χ4n) is 2.00. The highest BCUT2D eigenvalue weighted by Gasteiger charge is 2.28. The zero-order chi connectivity index (χ0) is 15.9. The molecule has 0 heterocycles. The summed E-state index contributed by atoms with van der Waals surface area (Å²) in [6.45, 7) is 5.13. The Labute approximate surface area is 132 Å². The molecule has 1 aromatic rings. The second-order valence-corrected chi connectivity index (χ2v) is 5.66. The monoisotopic (exact) mass is 367 g/mol. The first kappa shape index (κ1) is 18.3. The average molecular weight is 368 g/mol. The molecular weight excluding hydrogens is 347 g/mol.